The zero-order valence-corrected chi connectivity index (χ0v) is 27.9. The predicted molar refractivity (Wildman–Crippen MR) is 187 cm³/mol. The molecule has 1 atom stereocenters. The highest BCUT2D eigenvalue weighted by Gasteiger charge is 2.44. The number of thiocarbonyl (C=S) groups is 1. The Morgan fingerprint density at radius 1 is 0.851 bits per heavy atom. The van der Waals surface area contributed by atoms with E-state index in [2.05, 4.69) is 39.4 Å². The Morgan fingerprint density at radius 2 is 1.53 bits per heavy atom. The van der Waals surface area contributed by atoms with Crippen molar-refractivity contribution in [3.05, 3.63) is 90.0 Å². The van der Waals surface area contributed by atoms with Crippen molar-refractivity contribution in [2.24, 2.45) is 0 Å². The molecule has 0 spiro atoms. The lowest BCUT2D eigenvalue weighted by molar-refractivity contribution is -0.124. The molecule has 47 heavy (non-hydrogen) atoms. The smallest absolute Gasteiger partial charge is 0.338 e. The van der Waals surface area contributed by atoms with Crippen molar-refractivity contribution in [3.63, 3.8) is 0 Å². The number of carbonyl (C=O) groups is 3. The molecule has 0 bridgehead atoms. The molecule has 248 valence electrons. The Balaban J connectivity index is 1.21. The highest BCUT2D eigenvalue weighted by Crippen LogP contribution is 2.29. The molecular weight excluding hydrogens is 614 g/mol. The number of piperazine rings is 1. The molecule has 2 aliphatic rings. The molecule has 0 radical (unpaired) electrons. The largest absolute Gasteiger partial charge is 0.494 e. The first-order chi connectivity index (χ1) is 22.9. The molecule has 2 fully saturated rings. The Bertz CT molecular complexity index is 1510. The van der Waals surface area contributed by atoms with Gasteiger partial charge in [0.05, 0.1) is 30.9 Å². The minimum atomic E-state index is -0.740. The maximum absolute atomic E-state index is 13.9. The molecule has 0 unspecified atom stereocenters. The van der Waals surface area contributed by atoms with Gasteiger partial charge in [0.25, 0.3) is 5.91 Å². The van der Waals surface area contributed by atoms with Gasteiger partial charge < -0.3 is 24.6 Å². The fraction of sp³-hybridized carbons (Fsp3) is 0.389. The van der Waals surface area contributed by atoms with Crippen LogP contribution >= 0.6 is 12.2 Å². The number of benzene rings is 3. The van der Waals surface area contributed by atoms with Crippen molar-refractivity contribution in [2.75, 3.05) is 62.7 Å². The van der Waals surface area contributed by atoms with E-state index in [-0.39, 0.29) is 24.8 Å². The van der Waals surface area contributed by atoms with Crippen LogP contribution in [-0.2, 0) is 20.9 Å². The lowest BCUT2D eigenvalue weighted by atomic mass is 10.1. The monoisotopic (exact) mass is 657 g/mol. The molecule has 0 aromatic heterocycles. The van der Waals surface area contributed by atoms with Gasteiger partial charge in [0, 0.05) is 45.0 Å². The second kappa shape index (κ2) is 16.5. The lowest BCUT2D eigenvalue weighted by Gasteiger charge is -2.35. The van der Waals surface area contributed by atoms with Crippen LogP contribution in [0.3, 0.4) is 0 Å². The van der Waals surface area contributed by atoms with E-state index in [0.717, 1.165) is 45.7 Å². The van der Waals surface area contributed by atoms with Crippen LogP contribution < -0.4 is 15.0 Å². The third kappa shape index (κ3) is 8.94. The van der Waals surface area contributed by atoms with E-state index >= 15 is 0 Å². The molecule has 2 aliphatic heterocycles. The van der Waals surface area contributed by atoms with E-state index in [1.165, 1.54) is 10.5 Å². The number of esters is 1. The highest BCUT2D eigenvalue weighted by atomic mass is 32.1. The minimum Gasteiger partial charge on any atom is -0.494 e. The number of anilines is 2. The molecule has 2 heterocycles. The molecule has 10 nitrogen and oxygen atoms in total. The van der Waals surface area contributed by atoms with E-state index in [4.69, 9.17) is 21.7 Å². The molecule has 1 N–H and O–H groups in total. The minimum absolute atomic E-state index is 0.0652. The van der Waals surface area contributed by atoms with E-state index < -0.39 is 12.0 Å². The maximum atomic E-state index is 13.9. The van der Waals surface area contributed by atoms with Gasteiger partial charge in [0.1, 0.15) is 11.8 Å². The van der Waals surface area contributed by atoms with E-state index in [1.807, 2.05) is 42.2 Å². The van der Waals surface area contributed by atoms with Crippen LogP contribution in [-0.4, -0.2) is 96.1 Å². The van der Waals surface area contributed by atoms with Crippen molar-refractivity contribution in [3.8, 4) is 5.75 Å². The van der Waals surface area contributed by atoms with Crippen LogP contribution in [0.4, 0.5) is 11.4 Å². The Morgan fingerprint density at radius 3 is 2.19 bits per heavy atom. The van der Waals surface area contributed by atoms with Gasteiger partial charge in [0.15, 0.2) is 5.11 Å². The predicted octanol–water partition coefficient (Wildman–Crippen LogP) is 4.80. The highest BCUT2D eigenvalue weighted by molar-refractivity contribution is 7.80. The van der Waals surface area contributed by atoms with Gasteiger partial charge in [-0.2, -0.15) is 0 Å². The molecular formula is C36H43N5O5S. The van der Waals surface area contributed by atoms with Crippen LogP contribution in [0.1, 0.15) is 42.6 Å². The van der Waals surface area contributed by atoms with E-state index in [0.29, 0.717) is 41.0 Å². The zero-order valence-electron chi connectivity index (χ0n) is 27.1. The average Bonchev–Trinajstić information content (AvgIpc) is 3.31. The van der Waals surface area contributed by atoms with Gasteiger partial charge in [-0.3, -0.25) is 19.4 Å². The summed E-state index contributed by atoms with van der Waals surface area (Å²) in [5.74, 6) is -0.265. The summed E-state index contributed by atoms with van der Waals surface area (Å²) in [6, 6.07) is 23.6. The first kappa shape index (κ1) is 34.0. The van der Waals surface area contributed by atoms with Crippen LogP contribution in [0.2, 0.25) is 0 Å². The van der Waals surface area contributed by atoms with Crippen molar-refractivity contribution in [1.29, 1.82) is 0 Å². The van der Waals surface area contributed by atoms with Gasteiger partial charge in [-0.25, -0.2) is 4.79 Å². The van der Waals surface area contributed by atoms with Crippen molar-refractivity contribution in [1.82, 2.24) is 14.7 Å². The summed E-state index contributed by atoms with van der Waals surface area (Å²) in [6.07, 6.45) is 0.737. The standard InChI is InChI=1S/C36H43N5O5S/c1-3-45-31-17-15-30(16-18-31)41-34(43)32(25-33(42)37-29-13-11-28(12-14-29)35(44)46-4-2)40(36(41)47)20-8-19-38-21-23-39(24-22-38)26-27-9-6-5-7-10-27/h5-7,9-18,32H,3-4,8,19-26H2,1-2H3,(H,37,42)/t32-/m1/s1. The Labute approximate surface area is 282 Å². The number of hydrogen-bond donors (Lipinski definition) is 1. The fourth-order valence-electron chi connectivity index (χ4n) is 5.95. The Hall–Kier alpha value is -4.32. The van der Waals surface area contributed by atoms with Crippen LogP contribution in [0.5, 0.6) is 5.75 Å². The summed E-state index contributed by atoms with van der Waals surface area (Å²) in [5, 5.41) is 3.26. The summed E-state index contributed by atoms with van der Waals surface area (Å²) in [7, 11) is 0. The van der Waals surface area contributed by atoms with Crippen LogP contribution in [0.25, 0.3) is 0 Å². The molecule has 3 aromatic carbocycles. The molecule has 11 heteroatoms. The number of ether oxygens (including phenoxy) is 2. The number of nitrogens with one attached hydrogen (secondary N) is 1. The van der Waals surface area contributed by atoms with Gasteiger partial charge in [-0.1, -0.05) is 30.3 Å². The molecule has 0 saturated carbocycles. The first-order valence-corrected chi connectivity index (χ1v) is 16.7. The van der Waals surface area contributed by atoms with E-state index in [1.54, 1.807) is 31.2 Å². The molecule has 5 rings (SSSR count). The summed E-state index contributed by atoms with van der Waals surface area (Å²) in [4.78, 5) is 47.5. The summed E-state index contributed by atoms with van der Waals surface area (Å²) < 4.78 is 10.6. The zero-order chi connectivity index (χ0) is 33.2. The van der Waals surface area contributed by atoms with Crippen molar-refractivity contribution < 1.29 is 23.9 Å². The molecule has 3 aromatic rings. The maximum Gasteiger partial charge on any atom is 0.338 e. The van der Waals surface area contributed by atoms with Gasteiger partial charge in [-0.15, -0.1) is 0 Å². The third-order valence-corrected chi connectivity index (χ3v) is 8.79. The number of nitrogens with zero attached hydrogens (tertiary/aromatic N) is 4. The lowest BCUT2D eigenvalue weighted by Crippen LogP contribution is -2.47. The third-order valence-electron chi connectivity index (χ3n) is 8.37. The number of carbonyl (C=O) groups excluding carboxylic acids is 3. The quantitative estimate of drug-likeness (QED) is 0.194. The van der Waals surface area contributed by atoms with Crippen LogP contribution in [0.15, 0.2) is 78.9 Å². The Kier molecular flexibility index (Phi) is 11.9. The number of amides is 2. The second-order valence-corrected chi connectivity index (χ2v) is 12.0. The van der Waals surface area contributed by atoms with Gasteiger partial charge in [-0.05, 0) is 93.1 Å². The van der Waals surface area contributed by atoms with E-state index in [9.17, 15) is 14.4 Å². The van der Waals surface area contributed by atoms with Gasteiger partial charge >= 0.3 is 5.97 Å². The molecule has 2 saturated heterocycles. The molecule has 2 amide bonds. The average molecular weight is 658 g/mol. The fourth-order valence-corrected chi connectivity index (χ4v) is 6.37. The first-order valence-electron chi connectivity index (χ1n) is 16.3. The summed E-state index contributed by atoms with van der Waals surface area (Å²) in [6.45, 7) is 10.8. The summed E-state index contributed by atoms with van der Waals surface area (Å²) in [5.41, 5.74) is 2.89. The number of rotatable bonds is 14. The van der Waals surface area contributed by atoms with Crippen molar-refractivity contribution >= 4 is 46.5 Å². The van der Waals surface area contributed by atoms with Gasteiger partial charge in [0.2, 0.25) is 5.91 Å². The van der Waals surface area contributed by atoms with Crippen LogP contribution in [0, 0.1) is 0 Å². The number of hydrogen-bond acceptors (Lipinski definition) is 8. The normalized spacial score (nSPS) is 17.2. The summed E-state index contributed by atoms with van der Waals surface area (Å²) >= 11 is 5.88. The topological polar surface area (TPSA) is 94.7 Å². The second-order valence-electron chi connectivity index (χ2n) is 11.6. The molecule has 0 aliphatic carbocycles. The SMILES string of the molecule is CCOC(=O)c1ccc(NC(=O)C[C@@H]2C(=O)N(c3ccc(OCC)cc3)C(=S)N2CCCN2CCN(Cc3ccccc3)CC2)cc1. The van der Waals surface area contributed by atoms with Crippen molar-refractivity contribution in [2.45, 2.75) is 39.3 Å².